The first-order valence-electron chi connectivity index (χ1n) is 6.39. The molecular formula is C14H20Cl2O4. The van der Waals surface area contributed by atoms with E-state index in [4.69, 9.17) is 42.1 Å². The lowest BCUT2D eigenvalue weighted by atomic mass is 10.2. The van der Waals surface area contributed by atoms with Crippen molar-refractivity contribution in [3.05, 3.63) is 28.8 Å². The molecule has 0 radical (unpaired) electrons. The fourth-order valence-corrected chi connectivity index (χ4v) is 1.84. The molecule has 0 aliphatic heterocycles. The topological polar surface area (TPSA) is 36.9 Å². The zero-order valence-corrected chi connectivity index (χ0v) is 13.1. The summed E-state index contributed by atoms with van der Waals surface area (Å²) in [5, 5.41) is 0.561. The van der Waals surface area contributed by atoms with Gasteiger partial charge in [-0.1, -0.05) is 17.7 Å². The molecule has 0 bridgehead atoms. The molecule has 0 heterocycles. The molecule has 0 N–H and O–H groups in total. The zero-order valence-electron chi connectivity index (χ0n) is 11.6. The normalized spacial score (nSPS) is 10.8. The Morgan fingerprint density at radius 1 is 0.950 bits per heavy atom. The fourth-order valence-electron chi connectivity index (χ4n) is 1.42. The van der Waals surface area contributed by atoms with Crippen LogP contribution in [0.15, 0.2) is 18.2 Å². The van der Waals surface area contributed by atoms with Crippen LogP contribution in [0.4, 0.5) is 0 Å². The Morgan fingerprint density at radius 2 is 1.60 bits per heavy atom. The number of hydrogen-bond donors (Lipinski definition) is 0. The second-order valence-electron chi connectivity index (χ2n) is 3.96. The second kappa shape index (κ2) is 11.2. The molecule has 0 amide bonds. The van der Waals surface area contributed by atoms with Crippen molar-refractivity contribution in [1.29, 1.82) is 0 Å². The second-order valence-corrected chi connectivity index (χ2v) is 4.64. The van der Waals surface area contributed by atoms with Crippen molar-refractivity contribution >= 4 is 23.2 Å². The van der Waals surface area contributed by atoms with Gasteiger partial charge in [-0.05, 0) is 17.7 Å². The number of alkyl halides is 1. The molecule has 114 valence electrons. The highest BCUT2D eigenvalue weighted by molar-refractivity contribution is 6.32. The van der Waals surface area contributed by atoms with Gasteiger partial charge in [-0.2, -0.15) is 0 Å². The quantitative estimate of drug-likeness (QED) is 0.463. The minimum absolute atomic E-state index is 0.437. The van der Waals surface area contributed by atoms with Crippen molar-refractivity contribution in [1.82, 2.24) is 0 Å². The van der Waals surface area contributed by atoms with Gasteiger partial charge < -0.3 is 18.9 Å². The van der Waals surface area contributed by atoms with Crippen molar-refractivity contribution in [2.75, 3.05) is 46.8 Å². The number of rotatable bonds is 11. The molecule has 0 unspecified atom stereocenters. The molecule has 0 aromatic heterocycles. The first-order valence-corrected chi connectivity index (χ1v) is 7.30. The lowest BCUT2D eigenvalue weighted by Gasteiger charge is -2.09. The molecule has 0 saturated heterocycles. The molecule has 6 heteroatoms. The van der Waals surface area contributed by atoms with Crippen LogP contribution >= 0.6 is 23.2 Å². The highest BCUT2D eigenvalue weighted by Crippen LogP contribution is 2.25. The maximum absolute atomic E-state index is 6.06. The van der Waals surface area contributed by atoms with Crippen LogP contribution in [0.3, 0.4) is 0 Å². The monoisotopic (exact) mass is 322 g/mol. The van der Waals surface area contributed by atoms with E-state index in [1.54, 1.807) is 13.2 Å². The summed E-state index contributed by atoms with van der Waals surface area (Å²) in [6.45, 7) is 3.19. The van der Waals surface area contributed by atoms with E-state index >= 15 is 0 Å². The van der Waals surface area contributed by atoms with E-state index in [0.29, 0.717) is 56.3 Å². The molecule has 0 fully saturated rings. The fraction of sp³-hybridized carbons (Fsp3) is 0.571. The third-order valence-electron chi connectivity index (χ3n) is 2.44. The molecule has 0 saturated carbocycles. The Balaban J connectivity index is 2.06. The summed E-state index contributed by atoms with van der Waals surface area (Å²) in [5.74, 6) is 1.08. The van der Waals surface area contributed by atoms with Crippen LogP contribution < -0.4 is 4.74 Å². The molecular weight excluding hydrogens is 303 g/mol. The summed E-state index contributed by atoms with van der Waals surface area (Å²) in [6, 6.07) is 5.50. The maximum atomic E-state index is 6.06. The predicted molar refractivity (Wildman–Crippen MR) is 80.0 cm³/mol. The Kier molecular flexibility index (Phi) is 9.79. The predicted octanol–water partition coefficient (Wildman–Crippen LogP) is 3.14. The molecule has 0 aliphatic carbocycles. The smallest absolute Gasteiger partial charge is 0.138 e. The first-order chi connectivity index (χ1) is 9.77. The molecule has 0 atom stereocenters. The van der Waals surface area contributed by atoms with E-state index in [0.717, 1.165) is 5.56 Å². The third kappa shape index (κ3) is 7.31. The van der Waals surface area contributed by atoms with E-state index < -0.39 is 0 Å². The molecule has 1 aromatic rings. The first kappa shape index (κ1) is 17.5. The van der Waals surface area contributed by atoms with E-state index in [1.165, 1.54) is 0 Å². The molecule has 1 aromatic carbocycles. The van der Waals surface area contributed by atoms with E-state index in [2.05, 4.69) is 0 Å². The summed E-state index contributed by atoms with van der Waals surface area (Å²) in [5.41, 5.74) is 0.966. The Labute approximate surface area is 129 Å². The third-order valence-corrected chi connectivity index (χ3v) is 3.04. The van der Waals surface area contributed by atoms with Gasteiger partial charge in [0.1, 0.15) is 12.4 Å². The number of methoxy groups -OCH3 is 1. The van der Waals surface area contributed by atoms with Crippen LogP contribution in [0, 0.1) is 0 Å². The molecule has 0 spiro atoms. The number of halogens is 2. The summed E-state index contributed by atoms with van der Waals surface area (Å²) in [4.78, 5) is 0. The lowest BCUT2D eigenvalue weighted by Crippen LogP contribution is -2.12. The Morgan fingerprint density at radius 3 is 2.20 bits per heavy atom. The van der Waals surface area contributed by atoms with Crippen LogP contribution in [0.25, 0.3) is 0 Å². The van der Waals surface area contributed by atoms with Crippen LogP contribution in [-0.2, 0) is 20.1 Å². The largest absolute Gasteiger partial charge is 0.490 e. The van der Waals surface area contributed by atoms with Gasteiger partial charge >= 0.3 is 0 Å². The van der Waals surface area contributed by atoms with Gasteiger partial charge in [0.25, 0.3) is 0 Å². The van der Waals surface area contributed by atoms with Crippen molar-refractivity contribution in [2.45, 2.75) is 5.88 Å². The van der Waals surface area contributed by atoms with Crippen LogP contribution in [0.2, 0.25) is 5.02 Å². The van der Waals surface area contributed by atoms with E-state index in [9.17, 15) is 0 Å². The average Bonchev–Trinajstić information content (AvgIpc) is 2.47. The van der Waals surface area contributed by atoms with Gasteiger partial charge in [-0.15, -0.1) is 11.6 Å². The molecule has 0 aliphatic rings. The standard InChI is InChI=1S/C14H20Cl2O4/c1-17-4-5-18-6-7-19-8-9-20-14-3-2-12(11-15)10-13(14)16/h2-3,10H,4-9,11H2,1H3. The Bertz CT molecular complexity index is 374. The zero-order chi connectivity index (χ0) is 14.6. The lowest BCUT2D eigenvalue weighted by molar-refractivity contribution is 0.0180. The van der Waals surface area contributed by atoms with Crippen LogP contribution in [-0.4, -0.2) is 46.8 Å². The summed E-state index contributed by atoms with van der Waals surface area (Å²) in [7, 11) is 1.64. The van der Waals surface area contributed by atoms with E-state index in [1.807, 2.05) is 12.1 Å². The van der Waals surface area contributed by atoms with Crippen LogP contribution in [0.1, 0.15) is 5.56 Å². The van der Waals surface area contributed by atoms with Gasteiger partial charge in [0.2, 0.25) is 0 Å². The van der Waals surface area contributed by atoms with Crippen molar-refractivity contribution in [2.24, 2.45) is 0 Å². The highest BCUT2D eigenvalue weighted by atomic mass is 35.5. The summed E-state index contributed by atoms with van der Waals surface area (Å²) in [6.07, 6.45) is 0. The maximum Gasteiger partial charge on any atom is 0.138 e. The van der Waals surface area contributed by atoms with Crippen molar-refractivity contribution in [3.8, 4) is 5.75 Å². The Hall–Kier alpha value is -0.520. The van der Waals surface area contributed by atoms with Crippen LogP contribution in [0.5, 0.6) is 5.75 Å². The minimum atomic E-state index is 0.437. The SMILES string of the molecule is COCCOCCOCCOc1ccc(CCl)cc1Cl. The van der Waals surface area contributed by atoms with Gasteiger partial charge in [0.15, 0.2) is 0 Å². The van der Waals surface area contributed by atoms with Gasteiger partial charge in [0.05, 0.1) is 38.1 Å². The van der Waals surface area contributed by atoms with Crippen molar-refractivity contribution in [3.63, 3.8) is 0 Å². The summed E-state index contributed by atoms with van der Waals surface area (Å²) >= 11 is 11.8. The molecule has 4 nitrogen and oxygen atoms in total. The van der Waals surface area contributed by atoms with Gasteiger partial charge in [-0.3, -0.25) is 0 Å². The summed E-state index contributed by atoms with van der Waals surface area (Å²) < 4.78 is 21.0. The van der Waals surface area contributed by atoms with Gasteiger partial charge in [-0.25, -0.2) is 0 Å². The number of hydrogen-bond acceptors (Lipinski definition) is 4. The number of ether oxygens (including phenoxy) is 4. The van der Waals surface area contributed by atoms with E-state index in [-0.39, 0.29) is 0 Å². The van der Waals surface area contributed by atoms with Crippen molar-refractivity contribution < 1.29 is 18.9 Å². The van der Waals surface area contributed by atoms with Gasteiger partial charge in [0, 0.05) is 13.0 Å². The average molecular weight is 323 g/mol. The molecule has 1 rings (SSSR count). The minimum Gasteiger partial charge on any atom is -0.490 e. The number of benzene rings is 1. The highest BCUT2D eigenvalue weighted by Gasteiger charge is 2.02. The molecule has 20 heavy (non-hydrogen) atoms.